The number of nitrogens with zero attached hydrogens (tertiary/aromatic N) is 5. The number of carboxylic acid groups (broad SMARTS) is 1. The molecule has 1 aromatic carbocycles. The van der Waals surface area contributed by atoms with E-state index in [-0.39, 0.29) is 73.9 Å². The molecule has 0 saturated heterocycles. The van der Waals surface area contributed by atoms with Crippen molar-refractivity contribution in [3.8, 4) is 23.2 Å². The van der Waals surface area contributed by atoms with Gasteiger partial charge >= 0.3 is 18.1 Å². The van der Waals surface area contributed by atoms with Gasteiger partial charge in [0, 0.05) is 60.7 Å². The third-order valence-electron chi connectivity index (χ3n) is 13.7. The first-order valence-corrected chi connectivity index (χ1v) is 28.6. The molecule has 4 amide bonds. The number of hydrogen-bond acceptors (Lipinski definition) is 16. The van der Waals surface area contributed by atoms with Gasteiger partial charge in [-0.3, -0.25) is 24.0 Å². The average molecular weight is 1170 g/mol. The Labute approximate surface area is 471 Å². The molecule has 82 heavy (non-hydrogen) atoms. The maximum Gasteiger partial charge on any atom is 0.490 e. The minimum atomic E-state index is -5.08. The van der Waals surface area contributed by atoms with E-state index in [1.807, 2.05) is 0 Å². The number of aliphatic carboxylic acids is 1. The van der Waals surface area contributed by atoms with Gasteiger partial charge in [0.1, 0.15) is 31.2 Å². The highest BCUT2D eigenvalue weighted by atomic mass is 32.2. The summed E-state index contributed by atoms with van der Waals surface area (Å²) in [5, 5.41) is 29.7. The fourth-order valence-corrected chi connectivity index (χ4v) is 9.58. The number of carbonyl (C=O) groups is 6. The van der Waals surface area contributed by atoms with Crippen molar-refractivity contribution in [3.05, 3.63) is 80.1 Å². The largest absolute Gasteiger partial charge is 0.490 e. The van der Waals surface area contributed by atoms with Gasteiger partial charge in [-0.2, -0.15) is 13.2 Å². The number of fused-ring (bicyclic) bond motifs is 5. The number of nitrogens with one attached hydrogen (secondary N) is 4. The number of carbonyl (C=O) groups excluding carboxylic acids is 5. The lowest BCUT2D eigenvalue weighted by Crippen LogP contribution is -2.56. The second-order valence-corrected chi connectivity index (χ2v) is 21.9. The van der Waals surface area contributed by atoms with E-state index < -0.39 is 81.3 Å². The van der Waals surface area contributed by atoms with Crippen LogP contribution in [-0.4, -0.2) is 143 Å². The van der Waals surface area contributed by atoms with E-state index >= 15 is 0 Å². The van der Waals surface area contributed by atoms with E-state index in [2.05, 4.69) is 61.8 Å². The molecule has 3 atom stereocenters. The number of pyridine rings is 2. The number of alkyl halides is 3. The molecule has 3 aromatic heterocycles. The first-order valence-electron chi connectivity index (χ1n) is 26.7. The highest BCUT2D eigenvalue weighted by Crippen LogP contribution is 2.41. The maximum atomic E-state index is 15.0. The van der Waals surface area contributed by atoms with Gasteiger partial charge in [-0.05, 0) is 101 Å². The molecule has 0 unspecified atom stereocenters. The Morgan fingerprint density at radius 2 is 1.63 bits per heavy atom. The summed E-state index contributed by atoms with van der Waals surface area (Å²) in [4.78, 5) is 103. The van der Waals surface area contributed by atoms with Crippen molar-refractivity contribution < 1.29 is 74.4 Å². The number of amides is 4. The lowest BCUT2D eigenvalue weighted by Gasteiger charge is -2.31. The zero-order valence-electron chi connectivity index (χ0n) is 46.7. The zero-order chi connectivity index (χ0) is 60.7. The summed E-state index contributed by atoms with van der Waals surface area (Å²) in [5.74, 6) is -0.640. The molecule has 0 fully saturated rings. The van der Waals surface area contributed by atoms with E-state index in [9.17, 15) is 59.9 Å². The summed E-state index contributed by atoms with van der Waals surface area (Å²) >= 11 is 0. The summed E-state index contributed by atoms with van der Waals surface area (Å²) in [7, 11) is -3.54. The predicted molar refractivity (Wildman–Crippen MR) is 289 cm³/mol. The predicted octanol–water partition coefficient (Wildman–Crippen LogP) is 3.85. The smallest absolute Gasteiger partial charge is 0.475 e. The number of unbranched alkanes of at least 4 members (excludes halogenated alkanes) is 2. The van der Waals surface area contributed by atoms with Crippen molar-refractivity contribution in [1.82, 2.24) is 45.7 Å². The summed E-state index contributed by atoms with van der Waals surface area (Å²) < 4.78 is 82.4. The minimum Gasteiger partial charge on any atom is -0.475 e. The van der Waals surface area contributed by atoms with Crippen molar-refractivity contribution in [1.29, 1.82) is 0 Å². The third kappa shape index (κ3) is 17.1. The molecule has 5 heterocycles. The Hall–Kier alpha value is -7.41. The molecule has 0 aliphatic carbocycles. The van der Waals surface area contributed by atoms with Crippen LogP contribution in [-0.2, 0) is 73.3 Å². The number of aromatic nitrogens is 4. The van der Waals surface area contributed by atoms with E-state index in [1.54, 1.807) is 39.8 Å². The van der Waals surface area contributed by atoms with Crippen LogP contribution in [0.5, 0.6) is 0 Å². The molecule has 0 radical (unpaired) electrons. The topological polar surface area (TPSA) is 308 Å². The Kier molecular flexibility index (Phi) is 23.1. The third-order valence-corrected chi connectivity index (χ3v) is 14.6. The Bertz CT molecular complexity index is 3250. The number of cyclic esters (lactones) is 1. The number of esters is 1. The normalized spacial score (nSPS) is 15.2. The van der Waals surface area contributed by atoms with Gasteiger partial charge in [0.2, 0.25) is 38.6 Å². The summed E-state index contributed by atoms with van der Waals surface area (Å²) in [5.41, 5.74) is 1.60. The molecule has 0 bridgehead atoms. The fourth-order valence-electron chi connectivity index (χ4n) is 9.09. The van der Waals surface area contributed by atoms with Crippen molar-refractivity contribution in [2.45, 2.75) is 141 Å². The lowest BCUT2D eigenvalue weighted by atomic mass is 9.86. The number of benzene rings is 1. The van der Waals surface area contributed by atoms with Crippen LogP contribution >= 0.6 is 0 Å². The molecule has 4 aromatic rings. The van der Waals surface area contributed by atoms with Crippen LogP contribution in [0.25, 0.3) is 22.3 Å². The number of rotatable bonds is 25. The summed E-state index contributed by atoms with van der Waals surface area (Å²) in [6.45, 7) is 13.0. The average Bonchev–Trinajstić information content (AvgIpc) is 1.78. The fraction of sp³-hybridized carbons (Fsp3) is 0.527. The summed E-state index contributed by atoms with van der Waals surface area (Å²) in [6.07, 6.45) is 1.87. The first-order chi connectivity index (χ1) is 38.6. The SMILES string of the molecule is CCN(CC)CCCC[C@H](NC(=O)[C@@H](NC(=O)CCCC#Cc1cnc(S(C)(=O)=O)nc1)C(C)C)C(=O)NCC(=O)NCOCCCc1c2c(nc3cc(F)c(C)cc13)-c1cc3c(c(=O)n1C2)COC(=O)[C@]3(O)CC.O=C(O)C(F)(F)F. The number of aryl methyl sites for hydroxylation is 2. The van der Waals surface area contributed by atoms with Crippen LogP contribution < -0.4 is 26.8 Å². The van der Waals surface area contributed by atoms with Crippen molar-refractivity contribution in [2.24, 2.45) is 5.92 Å². The highest BCUT2D eigenvalue weighted by Gasteiger charge is 2.46. The number of sulfone groups is 1. The molecule has 0 spiro atoms. The highest BCUT2D eigenvalue weighted by molar-refractivity contribution is 7.90. The van der Waals surface area contributed by atoms with E-state index in [0.717, 1.165) is 43.4 Å². The van der Waals surface area contributed by atoms with Gasteiger partial charge < -0.3 is 50.4 Å². The van der Waals surface area contributed by atoms with Crippen LogP contribution in [0.4, 0.5) is 17.6 Å². The van der Waals surface area contributed by atoms with Crippen molar-refractivity contribution in [3.63, 3.8) is 0 Å². The first kappa shape index (κ1) is 65.4. The van der Waals surface area contributed by atoms with Gasteiger partial charge in [-0.1, -0.05) is 46.5 Å². The van der Waals surface area contributed by atoms with Crippen molar-refractivity contribution in [2.75, 3.05) is 45.8 Å². The Morgan fingerprint density at radius 3 is 2.26 bits per heavy atom. The molecule has 2 aliphatic heterocycles. The number of halogens is 4. The van der Waals surface area contributed by atoms with E-state index in [1.165, 1.54) is 23.0 Å². The van der Waals surface area contributed by atoms with Crippen LogP contribution in [0.1, 0.15) is 119 Å². The molecule has 6 N–H and O–H groups in total. The van der Waals surface area contributed by atoms with Gasteiger partial charge in [-0.15, -0.1) is 0 Å². The quantitative estimate of drug-likeness (QED) is 0.0121. The summed E-state index contributed by atoms with van der Waals surface area (Å²) in [6, 6.07) is 2.73. The van der Waals surface area contributed by atoms with Crippen LogP contribution in [0.2, 0.25) is 0 Å². The minimum absolute atomic E-state index is 0.0115. The Balaban J connectivity index is 0.00000165. The van der Waals surface area contributed by atoms with Crippen LogP contribution in [0.3, 0.4) is 0 Å². The van der Waals surface area contributed by atoms with E-state index in [0.29, 0.717) is 65.5 Å². The molecular weight excluding hydrogens is 1100 g/mol. The van der Waals surface area contributed by atoms with Crippen LogP contribution in [0.15, 0.2) is 40.5 Å². The number of ether oxygens (including phenoxy) is 2. The second-order valence-electron chi connectivity index (χ2n) is 20.0. The van der Waals surface area contributed by atoms with Gasteiger partial charge in [-0.25, -0.2) is 37.3 Å². The molecule has 2 aliphatic rings. The van der Waals surface area contributed by atoms with Crippen LogP contribution in [0, 0.1) is 30.5 Å². The van der Waals surface area contributed by atoms with Crippen molar-refractivity contribution >= 4 is 56.3 Å². The zero-order valence-corrected chi connectivity index (χ0v) is 47.5. The lowest BCUT2D eigenvalue weighted by molar-refractivity contribution is -0.192. The number of carboxylic acids is 1. The van der Waals surface area contributed by atoms with Gasteiger partial charge in [0.15, 0.2) is 5.60 Å². The molecular formula is C55H69F4N9O13S. The second kappa shape index (κ2) is 29.0. The van der Waals surface area contributed by atoms with Gasteiger partial charge in [0.25, 0.3) is 5.56 Å². The van der Waals surface area contributed by atoms with E-state index in [4.69, 9.17) is 24.4 Å². The molecule has 6 rings (SSSR count). The standard InChI is InChI=1S/C53H68FN9O11S.C2HF3O2/c1-8-53(70)39-24-43-47-37(29-63(43)50(68)38(39)30-74-51(53)69)35(36-23-33(6)40(54)25-42(36)59-47)18-16-22-73-31-58-45(65)28-55-48(66)41(19-14-15-21-62(9-2)10-3)60-49(67)46(32(4)5)61-44(64)20-13-11-12-17-34-26-56-52(57-27-34)75(7,71)72;3-2(4,5)1(6)7/h23-27,32,41,46,70H,8-11,13-16,18-22,28-31H2,1-7H3,(H,55,66)(H,58,65)(H,60,67)(H,61,64);(H,6,7)/t41-,46-,53-;/m0./s1. The molecule has 0 saturated carbocycles. The Morgan fingerprint density at radius 1 is 0.951 bits per heavy atom. The monoisotopic (exact) mass is 1170 g/mol. The molecule has 22 nitrogen and oxygen atoms in total. The molecule has 446 valence electrons. The number of aliphatic hydroxyl groups is 1. The number of hydrogen-bond donors (Lipinski definition) is 6. The molecule has 27 heteroatoms. The maximum absolute atomic E-state index is 15.0. The van der Waals surface area contributed by atoms with Gasteiger partial charge in [0.05, 0.1) is 41.1 Å².